The smallest absolute Gasteiger partial charge is 0.264 e. The number of anilines is 1. The number of carbonyl (C=O) groups is 1. The Morgan fingerprint density at radius 1 is 1.18 bits per heavy atom. The Morgan fingerprint density at radius 3 is 2.50 bits per heavy atom. The molecule has 0 spiro atoms. The molecule has 0 fully saturated rings. The van der Waals surface area contributed by atoms with E-state index in [9.17, 15) is 13.2 Å². The van der Waals surface area contributed by atoms with Gasteiger partial charge in [0, 0.05) is 18.9 Å². The van der Waals surface area contributed by atoms with Crippen LogP contribution in [0.1, 0.15) is 16.1 Å². The Labute approximate surface area is 162 Å². The van der Waals surface area contributed by atoms with Crippen molar-refractivity contribution in [3.8, 4) is 5.82 Å². The second kappa shape index (κ2) is 7.89. The van der Waals surface area contributed by atoms with Crippen LogP contribution in [-0.2, 0) is 14.9 Å². The van der Waals surface area contributed by atoms with Crippen LogP contribution in [0.2, 0.25) is 0 Å². The largest absolute Gasteiger partial charge is 0.322 e. The molecule has 146 valence electrons. The quantitative estimate of drug-likeness (QED) is 0.633. The molecule has 2 aromatic heterocycles. The van der Waals surface area contributed by atoms with Crippen LogP contribution in [0.3, 0.4) is 0 Å². The fraction of sp³-hybridized carbons (Fsp3) is 0.167. The Kier molecular flexibility index (Phi) is 5.54. The van der Waals surface area contributed by atoms with E-state index in [-0.39, 0.29) is 10.8 Å². The monoisotopic (exact) mass is 401 g/mol. The van der Waals surface area contributed by atoms with E-state index in [2.05, 4.69) is 15.4 Å². The van der Waals surface area contributed by atoms with Gasteiger partial charge in [0.25, 0.3) is 15.9 Å². The SMILES string of the molecule is CON(C)S(=O)(=O)c1ccc(NC(=O)c2cnn(-c3ccccn3)c2C)cc1. The summed E-state index contributed by atoms with van der Waals surface area (Å²) in [6.07, 6.45) is 3.11. The number of aromatic nitrogens is 3. The fourth-order valence-electron chi connectivity index (χ4n) is 2.50. The van der Waals surface area contributed by atoms with Crippen molar-refractivity contribution in [2.24, 2.45) is 0 Å². The summed E-state index contributed by atoms with van der Waals surface area (Å²) in [4.78, 5) is 21.6. The van der Waals surface area contributed by atoms with Gasteiger partial charge >= 0.3 is 0 Å². The lowest BCUT2D eigenvalue weighted by Crippen LogP contribution is -2.25. The molecule has 0 bridgehead atoms. The standard InChI is InChI=1S/C18H19N5O4S/c1-13-16(12-20-23(13)17-6-4-5-11-19-17)18(24)21-14-7-9-15(10-8-14)28(25,26)22(2)27-3/h4-12H,1-3H3,(H,21,24). The molecule has 0 aliphatic rings. The van der Waals surface area contributed by atoms with E-state index in [1.807, 2.05) is 6.07 Å². The summed E-state index contributed by atoms with van der Waals surface area (Å²) in [7, 11) is -1.18. The van der Waals surface area contributed by atoms with Crippen LogP contribution in [0, 0.1) is 6.92 Å². The zero-order chi connectivity index (χ0) is 20.3. The first-order valence-corrected chi connectivity index (χ1v) is 9.69. The topological polar surface area (TPSA) is 106 Å². The van der Waals surface area contributed by atoms with E-state index in [0.717, 1.165) is 4.47 Å². The summed E-state index contributed by atoms with van der Waals surface area (Å²) < 4.78 is 26.7. The van der Waals surface area contributed by atoms with Gasteiger partial charge < -0.3 is 5.32 Å². The van der Waals surface area contributed by atoms with E-state index < -0.39 is 10.0 Å². The van der Waals surface area contributed by atoms with E-state index in [0.29, 0.717) is 22.8 Å². The summed E-state index contributed by atoms with van der Waals surface area (Å²) in [6, 6.07) is 11.2. The summed E-state index contributed by atoms with van der Waals surface area (Å²) in [5.74, 6) is 0.250. The number of hydrogen-bond donors (Lipinski definition) is 1. The minimum Gasteiger partial charge on any atom is -0.322 e. The predicted molar refractivity (Wildman–Crippen MR) is 102 cm³/mol. The van der Waals surface area contributed by atoms with Gasteiger partial charge in [0.2, 0.25) is 0 Å². The van der Waals surface area contributed by atoms with Gasteiger partial charge in [-0.3, -0.25) is 9.63 Å². The van der Waals surface area contributed by atoms with Crippen LogP contribution in [0.15, 0.2) is 59.8 Å². The van der Waals surface area contributed by atoms with Gasteiger partial charge in [0.05, 0.1) is 29.5 Å². The number of pyridine rings is 1. The Hall–Kier alpha value is -3.08. The fourth-order valence-corrected chi connectivity index (χ4v) is 3.47. The molecule has 1 aromatic carbocycles. The molecule has 0 unspecified atom stereocenters. The van der Waals surface area contributed by atoms with Crippen molar-refractivity contribution in [3.63, 3.8) is 0 Å². The van der Waals surface area contributed by atoms with Crippen molar-refractivity contribution in [2.75, 3.05) is 19.5 Å². The maximum Gasteiger partial charge on any atom is 0.264 e. The van der Waals surface area contributed by atoms with Crippen molar-refractivity contribution in [3.05, 3.63) is 66.1 Å². The van der Waals surface area contributed by atoms with Crippen LogP contribution in [0.4, 0.5) is 5.69 Å². The van der Waals surface area contributed by atoms with Crippen molar-refractivity contribution < 1.29 is 18.0 Å². The molecule has 0 saturated carbocycles. The molecule has 10 heteroatoms. The van der Waals surface area contributed by atoms with Crippen LogP contribution in [-0.4, -0.2) is 47.7 Å². The predicted octanol–water partition coefficient (Wildman–Crippen LogP) is 2.01. The third-order valence-electron chi connectivity index (χ3n) is 4.13. The molecular formula is C18H19N5O4S. The zero-order valence-corrected chi connectivity index (χ0v) is 16.3. The van der Waals surface area contributed by atoms with Gasteiger partial charge in [-0.25, -0.2) is 18.1 Å². The number of nitrogens with zero attached hydrogens (tertiary/aromatic N) is 4. The highest BCUT2D eigenvalue weighted by molar-refractivity contribution is 7.89. The molecule has 2 heterocycles. The van der Waals surface area contributed by atoms with E-state index in [4.69, 9.17) is 4.84 Å². The van der Waals surface area contributed by atoms with Gasteiger partial charge in [-0.05, 0) is 43.3 Å². The van der Waals surface area contributed by atoms with Gasteiger partial charge in [0.1, 0.15) is 0 Å². The number of sulfonamides is 1. The average Bonchev–Trinajstić information content (AvgIpc) is 3.09. The average molecular weight is 401 g/mol. The highest BCUT2D eigenvalue weighted by Gasteiger charge is 2.21. The van der Waals surface area contributed by atoms with Crippen LogP contribution in [0.5, 0.6) is 0 Å². The number of nitrogens with one attached hydrogen (secondary N) is 1. The number of carbonyl (C=O) groups excluding carboxylic acids is 1. The lowest BCUT2D eigenvalue weighted by atomic mass is 10.2. The molecule has 9 nitrogen and oxygen atoms in total. The number of hydroxylamine groups is 1. The Morgan fingerprint density at radius 2 is 1.89 bits per heavy atom. The second-order valence-corrected chi connectivity index (χ2v) is 7.75. The Bertz CT molecular complexity index is 1080. The number of benzene rings is 1. The molecule has 3 aromatic rings. The third kappa shape index (κ3) is 3.79. The zero-order valence-electron chi connectivity index (χ0n) is 15.5. The van der Waals surface area contributed by atoms with Gasteiger partial charge in [-0.2, -0.15) is 5.10 Å². The van der Waals surface area contributed by atoms with E-state index in [1.165, 1.54) is 44.6 Å². The van der Waals surface area contributed by atoms with Crippen molar-refractivity contribution in [1.29, 1.82) is 0 Å². The molecule has 0 aliphatic heterocycles. The molecular weight excluding hydrogens is 382 g/mol. The van der Waals surface area contributed by atoms with E-state index >= 15 is 0 Å². The summed E-state index contributed by atoms with van der Waals surface area (Å²) >= 11 is 0. The lowest BCUT2D eigenvalue weighted by molar-refractivity contribution is -0.0258. The molecule has 3 rings (SSSR count). The minimum absolute atomic E-state index is 0.0500. The number of rotatable bonds is 6. The van der Waals surface area contributed by atoms with Crippen molar-refractivity contribution in [2.45, 2.75) is 11.8 Å². The number of amides is 1. The highest BCUT2D eigenvalue weighted by atomic mass is 32.2. The van der Waals surface area contributed by atoms with Crippen LogP contribution < -0.4 is 5.32 Å². The first-order chi connectivity index (χ1) is 13.3. The maximum atomic E-state index is 12.6. The second-order valence-electron chi connectivity index (χ2n) is 5.82. The van der Waals surface area contributed by atoms with E-state index in [1.54, 1.807) is 29.9 Å². The first kappa shape index (κ1) is 19.7. The summed E-state index contributed by atoms with van der Waals surface area (Å²) in [5.41, 5.74) is 1.48. The van der Waals surface area contributed by atoms with Gasteiger partial charge in [-0.1, -0.05) is 10.5 Å². The molecule has 0 aliphatic carbocycles. The summed E-state index contributed by atoms with van der Waals surface area (Å²) in [5, 5.41) is 6.95. The molecule has 0 radical (unpaired) electrons. The van der Waals surface area contributed by atoms with Crippen LogP contribution >= 0.6 is 0 Å². The lowest BCUT2D eigenvalue weighted by Gasteiger charge is -2.14. The van der Waals surface area contributed by atoms with Gasteiger partial charge in [0.15, 0.2) is 5.82 Å². The Balaban J connectivity index is 1.78. The maximum absolute atomic E-state index is 12.6. The molecule has 1 amide bonds. The highest BCUT2D eigenvalue weighted by Crippen LogP contribution is 2.19. The van der Waals surface area contributed by atoms with Crippen LogP contribution in [0.25, 0.3) is 5.82 Å². The summed E-state index contributed by atoms with van der Waals surface area (Å²) in [6.45, 7) is 1.77. The molecule has 0 atom stereocenters. The van der Waals surface area contributed by atoms with Gasteiger partial charge in [-0.15, -0.1) is 0 Å². The third-order valence-corrected chi connectivity index (χ3v) is 5.82. The molecule has 1 N–H and O–H groups in total. The normalized spacial score (nSPS) is 11.6. The van der Waals surface area contributed by atoms with Crippen molar-refractivity contribution in [1.82, 2.24) is 19.2 Å². The first-order valence-electron chi connectivity index (χ1n) is 8.25. The molecule has 0 saturated heterocycles. The number of hydrogen-bond acceptors (Lipinski definition) is 6. The minimum atomic E-state index is -3.74. The van der Waals surface area contributed by atoms with Crippen molar-refractivity contribution >= 4 is 21.6 Å². The molecule has 28 heavy (non-hydrogen) atoms.